The molecule has 0 unspecified atom stereocenters. The standard InChI is InChI=1S/C15H14BrNO/c1-10-3-5-13(6-4-10)17-9-12-7-11(2)8-14(16)15(12)18/h3-9,18H,1-2H3/b17-9+. The van der Waals surface area contributed by atoms with Gasteiger partial charge in [0.05, 0.1) is 10.2 Å². The van der Waals surface area contributed by atoms with E-state index < -0.39 is 0 Å². The summed E-state index contributed by atoms with van der Waals surface area (Å²) in [4.78, 5) is 4.35. The van der Waals surface area contributed by atoms with Crippen LogP contribution in [0.4, 0.5) is 5.69 Å². The molecular weight excluding hydrogens is 290 g/mol. The van der Waals surface area contributed by atoms with Gasteiger partial charge in [-0.15, -0.1) is 0 Å². The van der Waals surface area contributed by atoms with Gasteiger partial charge in [0.2, 0.25) is 0 Å². The second-order valence-corrected chi connectivity index (χ2v) is 5.13. The first-order chi connectivity index (χ1) is 8.56. The third-order valence-electron chi connectivity index (χ3n) is 2.62. The van der Waals surface area contributed by atoms with Crippen LogP contribution in [0, 0.1) is 13.8 Å². The van der Waals surface area contributed by atoms with Gasteiger partial charge in [0, 0.05) is 11.8 Å². The van der Waals surface area contributed by atoms with Gasteiger partial charge < -0.3 is 5.11 Å². The molecule has 2 aromatic rings. The molecule has 0 saturated carbocycles. The van der Waals surface area contributed by atoms with E-state index in [9.17, 15) is 5.11 Å². The molecule has 2 aromatic carbocycles. The van der Waals surface area contributed by atoms with Crippen molar-refractivity contribution in [1.29, 1.82) is 0 Å². The summed E-state index contributed by atoms with van der Waals surface area (Å²) >= 11 is 3.32. The predicted octanol–water partition coefficient (Wildman–Crippen LogP) is 4.52. The Morgan fingerprint density at radius 2 is 1.72 bits per heavy atom. The summed E-state index contributed by atoms with van der Waals surface area (Å²) in [6.45, 7) is 4.02. The molecule has 0 bridgehead atoms. The van der Waals surface area contributed by atoms with E-state index in [0.717, 1.165) is 11.3 Å². The number of aryl methyl sites for hydroxylation is 2. The fourth-order valence-electron chi connectivity index (χ4n) is 1.63. The van der Waals surface area contributed by atoms with Crippen molar-refractivity contribution in [2.24, 2.45) is 4.99 Å². The van der Waals surface area contributed by atoms with E-state index >= 15 is 0 Å². The van der Waals surface area contributed by atoms with Crippen LogP contribution in [-0.4, -0.2) is 11.3 Å². The van der Waals surface area contributed by atoms with Crippen LogP contribution in [0.25, 0.3) is 0 Å². The highest BCUT2D eigenvalue weighted by Crippen LogP contribution is 2.28. The number of halogens is 1. The molecule has 18 heavy (non-hydrogen) atoms. The lowest BCUT2D eigenvalue weighted by Crippen LogP contribution is -1.85. The Morgan fingerprint density at radius 1 is 1.06 bits per heavy atom. The lowest BCUT2D eigenvalue weighted by atomic mass is 10.1. The number of hydrogen-bond donors (Lipinski definition) is 1. The number of phenolic OH excluding ortho intramolecular Hbond substituents is 1. The maximum Gasteiger partial charge on any atom is 0.138 e. The second kappa shape index (κ2) is 5.36. The summed E-state index contributed by atoms with van der Waals surface area (Å²) in [6.07, 6.45) is 1.68. The number of hydrogen-bond acceptors (Lipinski definition) is 2. The molecule has 0 aliphatic rings. The highest BCUT2D eigenvalue weighted by atomic mass is 79.9. The van der Waals surface area contributed by atoms with Gasteiger partial charge in [0.15, 0.2) is 0 Å². The molecule has 0 amide bonds. The molecular formula is C15H14BrNO. The Bertz CT molecular complexity index is 588. The van der Waals surface area contributed by atoms with Crippen LogP contribution in [0.15, 0.2) is 45.9 Å². The summed E-state index contributed by atoms with van der Waals surface area (Å²) in [6, 6.07) is 11.7. The van der Waals surface area contributed by atoms with Crippen molar-refractivity contribution in [3.05, 3.63) is 57.6 Å². The van der Waals surface area contributed by atoms with Crippen molar-refractivity contribution in [2.75, 3.05) is 0 Å². The number of aromatic hydroxyl groups is 1. The third-order valence-corrected chi connectivity index (χ3v) is 3.23. The second-order valence-electron chi connectivity index (χ2n) is 4.28. The van der Waals surface area contributed by atoms with Crippen molar-refractivity contribution in [1.82, 2.24) is 0 Å². The molecule has 2 rings (SSSR count). The summed E-state index contributed by atoms with van der Waals surface area (Å²) in [5.41, 5.74) is 3.86. The average molecular weight is 304 g/mol. The van der Waals surface area contributed by atoms with Crippen LogP contribution in [0.1, 0.15) is 16.7 Å². The van der Waals surface area contributed by atoms with Crippen molar-refractivity contribution < 1.29 is 5.11 Å². The van der Waals surface area contributed by atoms with Crippen molar-refractivity contribution in [3.63, 3.8) is 0 Å². The molecule has 0 aromatic heterocycles. The van der Waals surface area contributed by atoms with Crippen LogP contribution in [0.3, 0.4) is 0 Å². The first kappa shape index (κ1) is 12.8. The topological polar surface area (TPSA) is 32.6 Å². The van der Waals surface area contributed by atoms with E-state index in [1.54, 1.807) is 6.21 Å². The molecule has 3 heteroatoms. The maximum atomic E-state index is 9.91. The van der Waals surface area contributed by atoms with Crippen LogP contribution in [0.5, 0.6) is 5.75 Å². The highest BCUT2D eigenvalue weighted by Gasteiger charge is 2.04. The Kier molecular flexibility index (Phi) is 3.82. The first-order valence-electron chi connectivity index (χ1n) is 5.66. The van der Waals surface area contributed by atoms with Crippen molar-refractivity contribution in [2.45, 2.75) is 13.8 Å². The number of phenols is 1. The molecule has 1 N–H and O–H groups in total. The Balaban J connectivity index is 2.31. The Labute approximate surface area is 115 Å². The van der Waals surface area contributed by atoms with Crippen molar-refractivity contribution >= 4 is 27.8 Å². The van der Waals surface area contributed by atoms with Crippen LogP contribution in [0.2, 0.25) is 0 Å². The zero-order valence-corrected chi connectivity index (χ0v) is 11.9. The van der Waals surface area contributed by atoms with Gasteiger partial charge in [-0.1, -0.05) is 17.7 Å². The van der Waals surface area contributed by atoms with Gasteiger partial charge in [0.1, 0.15) is 5.75 Å². The fraction of sp³-hybridized carbons (Fsp3) is 0.133. The lowest BCUT2D eigenvalue weighted by Gasteiger charge is -2.03. The molecule has 0 atom stereocenters. The van der Waals surface area contributed by atoms with Crippen LogP contribution >= 0.6 is 15.9 Å². The van der Waals surface area contributed by atoms with Gasteiger partial charge in [-0.2, -0.15) is 0 Å². The zero-order chi connectivity index (χ0) is 13.1. The number of aliphatic imine (C=N–C) groups is 1. The highest BCUT2D eigenvalue weighted by molar-refractivity contribution is 9.10. The molecule has 0 aliphatic heterocycles. The minimum atomic E-state index is 0.219. The van der Waals surface area contributed by atoms with Gasteiger partial charge >= 0.3 is 0 Å². The maximum absolute atomic E-state index is 9.91. The van der Waals surface area contributed by atoms with E-state index in [-0.39, 0.29) is 5.75 Å². The van der Waals surface area contributed by atoms with Crippen LogP contribution in [-0.2, 0) is 0 Å². The zero-order valence-electron chi connectivity index (χ0n) is 10.3. The summed E-state index contributed by atoms with van der Waals surface area (Å²) in [5, 5.41) is 9.91. The fourth-order valence-corrected chi connectivity index (χ4v) is 2.22. The summed E-state index contributed by atoms with van der Waals surface area (Å²) < 4.78 is 0.688. The third kappa shape index (κ3) is 2.99. The minimum absolute atomic E-state index is 0.219. The van der Waals surface area contributed by atoms with Crippen molar-refractivity contribution in [3.8, 4) is 5.75 Å². The van der Waals surface area contributed by atoms with Gasteiger partial charge in [-0.25, -0.2) is 0 Å². The smallest absolute Gasteiger partial charge is 0.138 e. The van der Waals surface area contributed by atoms with Gasteiger partial charge in [-0.3, -0.25) is 4.99 Å². The molecule has 0 radical (unpaired) electrons. The first-order valence-corrected chi connectivity index (χ1v) is 6.45. The largest absolute Gasteiger partial charge is 0.506 e. The quantitative estimate of drug-likeness (QED) is 0.813. The van der Waals surface area contributed by atoms with E-state index in [1.165, 1.54) is 5.56 Å². The minimum Gasteiger partial charge on any atom is -0.506 e. The van der Waals surface area contributed by atoms with E-state index in [4.69, 9.17) is 0 Å². The average Bonchev–Trinajstić information content (AvgIpc) is 2.34. The Hall–Kier alpha value is -1.61. The van der Waals surface area contributed by atoms with E-state index in [0.29, 0.717) is 10.0 Å². The molecule has 0 spiro atoms. The number of nitrogens with zero attached hydrogens (tertiary/aromatic N) is 1. The molecule has 0 fully saturated rings. The molecule has 0 aliphatic carbocycles. The molecule has 0 heterocycles. The molecule has 92 valence electrons. The monoisotopic (exact) mass is 303 g/mol. The van der Waals surface area contributed by atoms with Gasteiger partial charge in [-0.05, 0) is 59.6 Å². The SMILES string of the molecule is Cc1ccc(/N=C/c2cc(C)cc(Br)c2O)cc1. The number of benzene rings is 2. The van der Waals surface area contributed by atoms with Crippen LogP contribution < -0.4 is 0 Å². The summed E-state index contributed by atoms with van der Waals surface area (Å²) in [5.74, 6) is 0.219. The normalized spacial score (nSPS) is 11.1. The van der Waals surface area contributed by atoms with E-state index in [2.05, 4.69) is 20.9 Å². The Morgan fingerprint density at radius 3 is 2.39 bits per heavy atom. The summed E-state index contributed by atoms with van der Waals surface area (Å²) in [7, 11) is 0. The predicted molar refractivity (Wildman–Crippen MR) is 79.0 cm³/mol. The van der Waals surface area contributed by atoms with Gasteiger partial charge in [0.25, 0.3) is 0 Å². The molecule has 0 saturated heterocycles. The number of rotatable bonds is 2. The lowest BCUT2D eigenvalue weighted by molar-refractivity contribution is 0.471. The van der Waals surface area contributed by atoms with E-state index in [1.807, 2.05) is 50.2 Å². The molecule has 2 nitrogen and oxygen atoms in total.